The van der Waals surface area contributed by atoms with Crippen LogP contribution in [0.5, 0.6) is 11.5 Å². The van der Waals surface area contributed by atoms with Crippen LogP contribution in [0.3, 0.4) is 0 Å². The third-order valence-electron chi connectivity index (χ3n) is 5.56. The molecule has 2 heterocycles. The summed E-state index contributed by atoms with van der Waals surface area (Å²) in [5.74, 6) is 1.21. The summed E-state index contributed by atoms with van der Waals surface area (Å²) in [5, 5.41) is 2.88. The SMILES string of the molecule is O=C(Nc1cccnc1)N1CCCC(Cc2cccc(Oc3ccc(C(F)(F)F)cc3)c2)C1. The van der Waals surface area contributed by atoms with Gasteiger partial charge < -0.3 is 15.0 Å². The molecule has 1 fully saturated rings. The highest BCUT2D eigenvalue weighted by atomic mass is 19.4. The van der Waals surface area contributed by atoms with E-state index >= 15 is 0 Å². The van der Waals surface area contributed by atoms with E-state index in [1.165, 1.54) is 12.1 Å². The Morgan fingerprint density at radius 3 is 2.64 bits per heavy atom. The number of piperidine rings is 1. The van der Waals surface area contributed by atoms with Crippen molar-refractivity contribution in [1.82, 2.24) is 9.88 Å². The summed E-state index contributed by atoms with van der Waals surface area (Å²) in [6.45, 7) is 1.36. The van der Waals surface area contributed by atoms with Crippen LogP contribution < -0.4 is 10.1 Å². The fourth-order valence-corrected chi connectivity index (χ4v) is 3.97. The average Bonchev–Trinajstić information content (AvgIpc) is 2.80. The topological polar surface area (TPSA) is 54.5 Å². The Bertz CT molecular complexity index is 1070. The van der Waals surface area contributed by atoms with Crippen LogP contribution in [0.15, 0.2) is 73.1 Å². The highest BCUT2D eigenvalue weighted by Gasteiger charge is 2.30. The maximum absolute atomic E-state index is 12.7. The van der Waals surface area contributed by atoms with Gasteiger partial charge in [0.2, 0.25) is 0 Å². The van der Waals surface area contributed by atoms with Crippen LogP contribution in [-0.4, -0.2) is 29.0 Å². The Labute approximate surface area is 190 Å². The van der Waals surface area contributed by atoms with Crippen molar-refractivity contribution >= 4 is 11.7 Å². The number of likely N-dealkylation sites (tertiary alicyclic amines) is 1. The summed E-state index contributed by atoms with van der Waals surface area (Å²) < 4.78 is 44.0. The molecule has 5 nitrogen and oxygen atoms in total. The van der Waals surface area contributed by atoms with Gasteiger partial charge in [0, 0.05) is 19.3 Å². The molecule has 2 amide bonds. The zero-order chi connectivity index (χ0) is 23.3. The number of ether oxygens (including phenoxy) is 1. The number of anilines is 1. The smallest absolute Gasteiger partial charge is 0.416 e. The van der Waals surface area contributed by atoms with E-state index in [1.807, 2.05) is 23.1 Å². The van der Waals surface area contributed by atoms with Crippen molar-refractivity contribution in [2.24, 2.45) is 5.92 Å². The number of halogens is 3. The minimum Gasteiger partial charge on any atom is -0.457 e. The number of hydrogen-bond donors (Lipinski definition) is 1. The summed E-state index contributed by atoms with van der Waals surface area (Å²) in [6, 6.07) is 15.6. The highest BCUT2D eigenvalue weighted by molar-refractivity contribution is 5.89. The number of urea groups is 1. The second-order valence-electron chi connectivity index (χ2n) is 8.10. The van der Waals surface area contributed by atoms with E-state index in [0.29, 0.717) is 36.2 Å². The van der Waals surface area contributed by atoms with E-state index < -0.39 is 11.7 Å². The minimum absolute atomic E-state index is 0.132. The van der Waals surface area contributed by atoms with Crippen LogP contribution >= 0.6 is 0 Å². The van der Waals surface area contributed by atoms with Crippen LogP contribution in [0.4, 0.5) is 23.7 Å². The first kappa shape index (κ1) is 22.6. The molecule has 1 aliphatic heterocycles. The molecule has 4 rings (SSSR count). The van der Waals surface area contributed by atoms with Gasteiger partial charge in [0.05, 0.1) is 17.4 Å². The number of carbonyl (C=O) groups excluding carboxylic acids is 1. The first-order chi connectivity index (χ1) is 15.9. The predicted molar refractivity (Wildman–Crippen MR) is 119 cm³/mol. The molecular weight excluding hydrogens is 431 g/mol. The number of pyridine rings is 1. The molecule has 2 aromatic carbocycles. The van der Waals surface area contributed by atoms with Crippen molar-refractivity contribution in [2.45, 2.75) is 25.4 Å². The van der Waals surface area contributed by atoms with Gasteiger partial charge in [0.1, 0.15) is 11.5 Å². The van der Waals surface area contributed by atoms with Gasteiger partial charge in [-0.15, -0.1) is 0 Å². The molecule has 3 aromatic rings. The van der Waals surface area contributed by atoms with Crippen LogP contribution in [0.25, 0.3) is 0 Å². The van der Waals surface area contributed by atoms with Crippen molar-refractivity contribution in [1.29, 1.82) is 0 Å². The number of nitrogens with zero attached hydrogens (tertiary/aromatic N) is 2. The van der Waals surface area contributed by atoms with Gasteiger partial charge in [-0.3, -0.25) is 4.98 Å². The van der Waals surface area contributed by atoms with Crippen LogP contribution in [0.2, 0.25) is 0 Å². The standard InChI is InChI=1S/C25H24F3N3O2/c26-25(27,28)20-8-10-22(11-9-20)33-23-7-1-4-18(15-23)14-19-5-3-13-31(17-19)24(32)30-21-6-2-12-29-16-21/h1-2,4,6-12,15-16,19H,3,5,13-14,17H2,(H,30,32). The lowest BCUT2D eigenvalue weighted by Crippen LogP contribution is -2.42. The molecule has 0 radical (unpaired) electrons. The van der Waals surface area contributed by atoms with E-state index in [2.05, 4.69) is 10.3 Å². The van der Waals surface area contributed by atoms with Gasteiger partial charge in [-0.2, -0.15) is 13.2 Å². The largest absolute Gasteiger partial charge is 0.457 e. The molecule has 1 saturated heterocycles. The monoisotopic (exact) mass is 455 g/mol. The van der Waals surface area contributed by atoms with Crippen molar-refractivity contribution in [3.8, 4) is 11.5 Å². The van der Waals surface area contributed by atoms with E-state index in [9.17, 15) is 18.0 Å². The third kappa shape index (κ3) is 6.25. The van der Waals surface area contributed by atoms with Gasteiger partial charge in [0.15, 0.2) is 0 Å². The van der Waals surface area contributed by atoms with E-state index in [0.717, 1.165) is 37.0 Å². The Hall–Kier alpha value is -3.55. The van der Waals surface area contributed by atoms with Gasteiger partial charge in [0.25, 0.3) is 0 Å². The Morgan fingerprint density at radius 2 is 1.91 bits per heavy atom. The number of hydrogen-bond acceptors (Lipinski definition) is 3. The third-order valence-corrected chi connectivity index (χ3v) is 5.56. The Kier molecular flexibility index (Phi) is 6.82. The number of rotatable bonds is 5. The molecule has 1 aromatic heterocycles. The van der Waals surface area contributed by atoms with Crippen molar-refractivity contribution in [3.05, 3.63) is 84.2 Å². The Balaban J connectivity index is 1.35. The summed E-state index contributed by atoms with van der Waals surface area (Å²) in [5.41, 5.74) is 1.01. The van der Waals surface area contributed by atoms with Crippen molar-refractivity contribution in [2.75, 3.05) is 18.4 Å². The summed E-state index contributed by atoms with van der Waals surface area (Å²) in [7, 11) is 0. The number of aromatic nitrogens is 1. The molecule has 1 N–H and O–H groups in total. The maximum Gasteiger partial charge on any atom is 0.416 e. The fourth-order valence-electron chi connectivity index (χ4n) is 3.97. The highest BCUT2D eigenvalue weighted by Crippen LogP contribution is 2.32. The minimum atomic E-state index is -4.37. The number of carbonyl (C=O) groups is 1. The zero-order valence-electron chi connectivity index (χ0n) is 17.9. The lowest BCUT2D eigenvalue weighted by Gasteiger charge is -2.33. The molecule has 0 saturated carbocycles. The second-order valence-corrected chi connectivity index (χ2v) is 8.10. The summed E-state index contributed by atoms with van der Waals surface area (Å²) in [6.07, 6.45) is 1.61. The molecule has 33 heavy (non-hydrogen) atoms. The van der Waals surface area contributed by atoms with Crippen molar-refractivity contribution in [3.63, 3.8) is 0 Å². The molecular formula is C25H24F3N3O2. The van der Waals surface area contributed by atoms with Gasteiger partial charge in [-0.25, -0.2) is 4.79 Å². The fraction of sp³-hybridized carbons (Fsp3) is 0.280. The second kappa shape index (κ2) is 9.94. The lowest BCUT2D eigenvalue weighted by atomic mass is 9.91. The average molecular weight is 455 g/mol. The molecule has 1 atom stereocenters. The van der Waals surface area contributed by atoms with Crippen LogP contribution in [0, 0.1) is 5.92 Å². The van der Waals surface area contributed by atoms with Crippen molar-refractivity contribution < 1.29 is 22.7 Å². The van der Waals surface area contributed by atoms with Crippen LogP contribution in [0.1, 0.15) is 24.0 Å². The first-order valence-corrected chi connectivity index (χ1v) is 10.8. The maximum atomic E-state index is 12.7. The molecule has 8 heteroatoms. The molecule has 1 aliphatic rings. The summed E-state index contributed by atoms with van der Waals surface area (Å²) >= 11 is 0. The lowest BCUT2D eigenvalue weighted by molar-refractivity contribution is -0.137. The number of nitrogens with one attached hydrogen (secondary N) is 1. The van der Waals surface area contributed by atoms with Gasteiger partial charge >= 0.3 is 12.2 Å². The van der Waals surface area contributed by atoms with E-state index in [-0.39, 0.29) is 6.03 Å². The predicted octanol–water partition coefficient (Wildman–Crippen LogP) is 6.38. The molecule has 1 unspecified atom stereocenters. The molecule has 172 valence electrons. The normalized spacial score (nSPS) is 16.3. The number of benzene rings is 2. The van der Waals surface area contributed by atoms with Crippen LogP contribution in [-0.2, 0) is 12.6 Å². The van der Waals surface area contributed by atoms with E-state index in [4.69, 9.17) is 4.74 Å². The Morgan fingerprint density at radius 1 is 1.09 bits per heavy atom. The summed E-state index contributed by atoms with van der Waals surface area (Å²) in [4.78, 5) is 18.4. The van der Waals surface area contributed by atoms with Gasteiger partial charge in [-0.05, 0) is 79.3 Å². The number of alkyl halides is 3. The first-order valence-electron chi connectivity index (χ1n) is 10.8. The number of amides is 2. The zero-order valence-corrected chi connectivity index (χ0v) is 17.9. The molecule has 0 bridgehead atoms. The molecule has 0 spiro atoms. The van der Waals surface area contributed by atoms with E-state index in [1.54, 1.807) is 30.6 Å². The molecule has 0 aliphatic carbocycles. The van der Waals surface area contributed by atoms with Gasteiger partial charge in [-0.1, -0.05) is 12.1 Å². The quantitative estimate of drug-likeness (QED) is 0.486.